The zero-order chi connectivity index (χ0) is 18.2. The van der Waals surface area contributed by atoms with Crippen LogP contribution in [0.5, 0.6) is 17.2 Å². The predicted octanol–water partition coefficient (Wildman–Crippen LogP) is 4.53. The number of hydrogen-bond donors (Lipinski definition) is 1. The normalized spacial score (nSPS) is 10.5. The van der Waals surface area contributed by atoms with Crippen LogP contribution in [0.15, 0.2) is 79.0 Å². The number of pyridine rings is 1. The quantitative estimate of drug-likeness (QED) is 0.666. The van der Waals surface area contributed by atoms with Crippen LogP contribution in [-0.2, 0) is 4.79 Å². The Morgan fingerprint density at radius 3 is 2.38 bits per heavy atom. The van der Waals surface area contributed by atoms with Gasteiger partial charge in [-0.1, -0.05) is 18.2 Å². The lowest BCUT2D eigenvalue weighted by Gasteiger charge is -2.10. The highest BCUT2D eigenvalue weighted by Gasteiger charge is 2.05. The number of rotatable bonds is 6. The van der Waals surface area contributed by atoms with E-state index in [1.165, 1.54) is 6.08 Å². The van der Waals surface area contributed by atoms with Crippen molar-refractivity contribution >= 4 is 17.7 Å². The maximum absolute atomic E-state index is 12.0. The van der Waals surface area contributed by atoms with Gasteiger partial charge in [-0.25, -0.2) is 0 Å². The summed E-state index contributed by atoms with van der Waals surface area (Å²) in [5.74, 6) is 1.71. The maximum Gasteiger partial charge on any atom is 0.248 e. The van der Waals surface area contributed by atoms with E-state index < -0.39 is 0 Å². The second kappa shape index (κ2) is 8.48. The molecule has 5 nitrogen and oxygen atoms in total. The number of nitrogens with one attached hydrogen (secondary N) is 1. The van der Waals surface area contributed by atoms with Gasteiger partial charge in [-0.05, 0) is 54.6 Å². The van der Waals surface area contributed by atoms with Gasteiger partial charge < -0.3 is 14.8 Å². The van der Waals surface area contributed by atoms with Crippen molar-refractivity contribution in [2.45, 2.75) is 0 Å². The predicted molar refractivity (Wildman–Crippen MR) is 101 cm³/mol. The number of anilines is 1. The molecule has 130 valence electrons. The summed E-state index contributed by atoms with van der Waals surface area (Å²) < 4.78 is 11.1. The van der Waals surface area contributed by atoms with Crippen LogP contribution in [-0.4, -0.2) is 18.0 Å². The minimum Gasteiger partial charge on any atom is -0.493 e. The molecule has 1 N–H and O–H groups in total. The van der Waals surface area contributed by atoms with E-state index in [4.69, 9.17) is 9.47 Å². The van der Waals surface area contributed by atoms with Gasteiger partial charge in [0.15, 0.2) is 11.5 Å². The number of carbonyl (C=O) groups excluding carboxylic acids is 1. The van der Waals surface area contributed by atoms with Crippen molar-refractivity contribution in [3.8, 4) is 17.2 Å². The molecule has 0 saturated heterocycles. The van der Waals surface area contributed by atoms with Crippen molar-refractivity contribution in [3.05, 3.63) is 84.7 Å². The average Bonchev–Trinajstić information content (AvgIpc) is 2.69. The van der Waals surface area contributed by atoms with Gasteiger partial charge in [0.1, 0.15) is 5.75 Å². The molecule has 26 heavy (non-hydrogen) atoms. The Kier molecular flexibility index (Phi) is 5.62. The SMILES string of the molecule is COc1ccccc1Oc1ccc(NC(=O)/C=C/c2ccccn2)cc1. The van der Waals surface area contributed by atoms with Crippen molar-refractivity contribution in [2.24, 2.45) is 0 Å². The Bertz CT molecular complexity index is 891. The van der Waals surface area contributed by atoms with Gasteiger partial charge in [-0.15, -0.1) is 0 Å². The summed E-state index contributed by atoms with van der Waals surface area (Å²) in [4.78, 5) is 16.1. The lowest BCUT2D eigenvalue weighted by molar-refractivity contribution is -0.111. The average molecular weight is 346 g/mol. The van der Waals surface area contributed by atoms with E-state index in [0.29, 0.717) is 22.9 Å². The minimum absolute atomic E-state index is 0.228. The molecule has 1 aromatic heterocycles. The van der Waals surface area contributed by atoms with Gasteiger partial charge in [0.2, 0.25) is 5.91 Å². The number of carbonyl (C=O) groups is 1. The molecule has 0 spiro atoms. The molecule has 2 aromatic carbocycles. The molecule has 0 fully saturated rings. The molecule has 0 bridgehead atoms. The van der Waals surface area contributed by atoms with E-state index in [-0.39, 0.29) is 5.91 Å². The fourth-order valence-corrected chi connectivity index (χ4v) is 2.26. The standard InChI is InChI=1S/C21H18N2O3/c1-25-19-7-2-3-8-20(19)26-18-12-9-17(10-13-18)23-21(24)14-11-16-6-4-5-15-22-16/h2-15H,1H3,(H,23,24)/b14-11+. The van der Waals surface area contributed by atoms with E-state index in [2.05, 4.69) is 10.3 Å². The van der Waals surface area contributed by atoms with Crippen LogP contribution >= 0.6 is 0 Å². The Morgan fingerprint density at radius 2 is 1.69 bits per heavy atom. The molecule has 1 amide bonds. The first kappa shape index (κ1) is 17.2. The highest BCUT2D eigenvalue weighted by molar-refractivity contribution is 6.01. The zero-order valence-electron chi connectivity index (χ0n) is 14.3. The van der Waals surface area contributed by atoms with Crippen molar-refractivity contribution in [2.75, 3.05) is 12.4 Å². The number of amides is 1. The van der Waals surface area contributed by atoms with Crippen molar-refractivity contribution < 1.29 is 14.3 Å². The third-order valence-corrected chi connectivity index (χ3v) is 3.51. The highest BCUT2D eigenvalue weighted by atomic mass is 16.5. The fourth-order valence-electron chi connectivity index (χ4n) is 2.26. The Morgan fingerprint density at radius 1 is 0.962 bits per heavy atom. The second-order valence-electron chi connectivity index (χ2n) is 5.35. The first-order chi connectivity index (χ1) is 12.7. The Balaban J connectivity index is 1.61. The van der Waals surface area contributed by atoms with E-state index in [9.17, 15) is 4.79 Å². The number of nitrogens with zero attached hydrogens (tertiary/aromatic N) is 1. The van der Waals surface area contributed by atoms with Crippen molar-refractivity contribution in [3.63, 3.8) is 0 Å². The van der Waals surface area contributed by atoms with Gasteiger partial charge >= 0.3 is 0 Å². The number of aromatic nitrogens is 1. The van der Waals surface area contributed by atoms with Crippen LogP contribution in [0.3, 0.4) is 0 Å². The van der Waals surface area contributed by atoms with Gasteiger partial charge in [-0.3, -0.25) is 9.78 Å². The smallest absolute Gasteiger partial charge is 0.248 e. The number of hydrogen-bond acceptors (Lipinski definition) is 4. The van der Waals surface area contributed by atoms with E-state index >= 15 is 0 Å². The number of benzene rings is 2. The monoisotopic (exact) mass is 346 g/mol. The molecule has 3 aromatic rings. The largest absolute Gasteiger partial charge is 0.493 e. The van der Waals surface area contributed by atoms with Gasteiger partial charge in [0.25, 0.3) is 0 Å². The Labute approximate surface area is 151 Å². The van der Waals surface area contributed by atoms with E-state index in [1.807, 2.05) is 42.5 Å². The summed E-state index contributed by atoms with van der Waals surface area (Å²) in [7, 11) is 1.60. The van der Waals surface area contributed by atoms with Gasteiger partial charge in [0.05, 0.1) is 12.8 Å². The Hall–Kier alpha value is -3.60. The molecule has 0 radical (unpaired) electrons. The molecule has 5 heteroatoms. The number of methoxy groups -OCH3 is 1. The fraction of sp³-hybridized carbons (Fsp3) is 0.0476. The molecule has 1 heterocycles. The summed E-state index contributed by atoms with van der Waals surface area (Å²) in [6.45, 7) is 0. The summed E-state index contributed by atoms with van der Waals surface area (Å²) in [5.41, 5.74) is 1.40. The topological polar surface area (TPSA) is 60.5 Å². The molecule has 0 unspecified atom stereocenters. The van der Waals surface area contributed by atoms with Crippen molar-refractivity contribution in [1.29, 1.82) is 0 Å². The van der Waals surface area contributed by atoms with Gasteiger partial charge in [0, 0.05) is 18.0 Å². The summed E-state index contributed by atoms with van der Waals surface area (Å²) >= 11 is 0. The summed E-state index contributed by atoms with van der Waals surface area (Å²) in [5, 5.41) is 2.79. The molecule has 0 atom stereocenters. The first-order valence-corrected chi connectivity index (χ1v) is 8.05. The van der Waals surface area contributed by atoms with E-state index in [1.54, 1.807) is 43.6 Å². The molecular formula is C21H18N2O3. The third kappa shape index (κ3) is 4.70. The maximum atomic E-state index is 12.0. The van der Waals surface area contributed by atoms with Gasteiger partial charge in [-0.2, -0.15) is 0 Å². The van der Waals surface area contributed by atoms with Crippen LogP contribution in [0.1, 0.15) is 5.69 Å². The molecular weight excluding hydrogens is 328 g/mol. The molecule has 0 saturated carbocycles. The van der Waals surface area contributed by atoms with Crippen LogP contribution in [0.2, 0.25) is 0 Å². The highest BCUT2D eigenvalue weighted by Crippen LogP contribution is 2.31. The first-order valence-electron chi connectivity index (χ1n) is 8.05. The van der Waals surface area contributed by atoms with Crippen LogP contribution in [0, 0.1) is 0 Å². The lowest BCUT2D eigenvalue weighted by atomic mass is 10.2. The second-order valence-corrected chi connectivity index (χ2v) is 5.35. The van der Waals surface area contributed by atoms with Crippen LogP contribution in [0.25, 0.3) is 6.08 Å². The lowest BCUT2D eigenvalue weighted by Crippen LogP contribution is -2.07. The zero-order valence-corrected chi connectivity index (χ0v) is 14.3. The van der Waals surface area contributed by atoms with Crippen LogP contribution in [0.4, 0.5) is 5.69 Å². The third-order valence-electron chi connectivity index (χ3n) is 3.51. The molecule has 0 aliphatic rings. The van der Waals surface area contributed by atoms with Crippen molar-refractivity contribution in [1.82, 2.24) is 4.98 Å². The minimum atomic E-state index is -0.228. The molecule has 0 aliphatic heterocycles. The molecule has 3 rings (SSSR count). The molecule has 0 aliphatic carbocycles. The number of para-hydroxylation sites is 2. The summed E-state index contributed by atoms with van der Waals surface area (Å²) in [6.07, 6.45) is 4.79. The van der Waals surface area contributed by atoms with E-state index in [0.717, 1.165) is 5.69 Å². The summed E-state index contributed by atoms with van der Waals surface area (Å²) in [6, 6.07) is 20.0. The van der Waals surface area contributed by atoms with Crippen LogP contribution < -0.4 is 14.8 Å². The number of ether oxygens (including phenoxy) is 2.